The van der Waals surface area contributed by atoms with Crippen LogP contribution in [-0.2, 0) is 0 Å². The van der Waals surface area contributed by atoms with Gasteiger partial charge in [-0.15, -0.1) is 11.6 Å². The van der Waals surface area contributed by atoms with Crippen molar-refractivity contribution in [3.8, 4) is 0 Å². The quantitative estimate of drug-likeness (QED) is 0.238. The number of rotatable bonds is 2. The Morgan fingerprint density at radius 2 is 1.77 bits per heavy atom. The smallest absolute Gasteiger partial charge is 0.112 e. The van der Waals surface area contributed by atoms with Crippen molar-refractivity contribution in [3.63, 3.8) is 0 Å². The molecular weight excluding hydrogens is 232 g/mol. The molecule has 1 atom stereocenters. The Hall–Kier alpha value is -0.600. The lowest BCUT2D eigenvalue weighted by Gasteiger charge is -2.03. The van der Waals surface area contributed by atoms with E-state index in [4.69, 9.17) is 40.3 Å². The molecule has 0 amide bonds. The van der Waals surface area contributed by atoms with Crippen LogP contribution < -0.4 is 0 Å². The van der Waals surface area contributed by atoms with Crippen LogP contribution >= 0.6 is 34.8 Å². The molecule has 0 spiro atoms. The van der Waals surface area contributed by atoms with Crippen molar-refractivity contribution in [2.45, 2.75) is 5.50 Å². The van der Waals surface area contributed by atoms with Crippen LogP contribution in [0.3, 0.4) is 0 Å². The van der Waals surface area contributed by atoms with Crippen molar-refractivity contribution in [1.82, 2.24) is 0 Å². The molecule has 6 heteroatoms. The van der Waals surface area contributed by atoms with Crippen molar-refractivity contribution >= 4 is 34.8 Å². The fraction of sp³-hybridized carbons (Fsp3) is 0.143. The van der Waals surface area contributed by atoms with Gasteiger partial charge in [0.15, 0.2) is 0 Å². The van der Waals surface area contributed by atoms with E-state index < -0.39 is 5.50 Å². The Morgan fingerprint density at radius 3 is 2.23 bits per heavy atom. The van der Waals surface area contributed by atoms with Crippen molar-refractivity contribution in [1.29, 1.82) is 0 Å². The average molecular weight is 236 g/mol. The molecule has 0 N–H and O–H groups in total. The highest BCUT2D eigenvalue weighted by atomic mass is 35.5. The van der Waals surface area contributed by atoms with E-state index in [1.54, 1.807) is 18.2 Å². The SMILES string of the molecule is [N-]=[N+]=NC(Cl)c1cc(Cl)cc(Cl)c1. The molecule has 0 aliphatic carbocycles. The van der Waals surface area contributed by atoms with Gasteiger partial charge >= 0.3 is 0 Å². The maximum absolute atomic E-state index is 8.14. The monoisotopic (exact) mass is 235 g/mol. The van der Waals surface area contributed by atoms with Gasteiger partial charge in [-0.2, -0.15) is 0 Å². The number of azide groups is 1. The van der Waals surface area contributed by atoms with E-state index in [0.29, 0.717) is 15.6 Å². The van der Waals surface area contributed by atoms with Gasteiger partial charge in [0.2, 0.25) is 0 Å². The summed E-state index contributed by atoms with van der Waals surface area (Å²) in [6.45, 7) is 0. The van der Waals surface area contributed by atoms with E-state index in [-0.39, 0.29) is 0 Å². The minimum atomic E-state index is -0.777. The molecule has 0 saturated carbocycles. The third-order valence-corrected chi connectivity index (χ3v) is 2.09. The lowest BCUT2D eigenvalue weighted by atomic mass is 10.2. The molecule has 1 unspecified atom stereocenters. The first-order valence-electron chi connectivity index (χ1n) is 3.28. The molecule has 0 aliphatic heterocycles. The number of hydrogen-bond acceptors (Lipinski definition) is 1. The Bertz CT molecular complexity index is 340. The molecule has 0 aromatic heterocycles. The molecule has 1 aromatic carbocycles. The summed E-state index contributed by atoms with van der Waals surface area (Å²) in [5.41, 5.74) is 7.95. The standard InChI is InChI=1S/C7H4Cl3N3/c8-5-1-4(2-6(9)3-5)7(10)12-13-11/h1-3,7H. The lowest BCUT2D eigenvalue weighted by Crippen LogP contribution is -1.84. The number of nitrogens with zero attached hydrogens (tertiary/aromatic N) is 3. The summed E-state index contributed by atoms with van der Waals surface area (Å²) in [6.07, 6.45) is 0. The predicted octanol–water partition coefficient (Wildman–Crippen LogP) is 4.54. The zero-order valence-electron chi connectivity index (χ0n) is 6.28. The van der Waals surface area contributed by atoms with Gasteiger partial charge in [0.25, 0.3) is 0 Å². The summed E-state index contributed by atoms with van der Waals surface area (Å²) in [7, 11) is 0. The Morgan fingerprint density at radius 1 is 1.23 bits per heavy atom. The van der Waals surface area contributed by atoms with Crippen LogP contribution in [0.5, 0.6) is 0 Å². The molecule has 1 aromatic rings. The third-order valence-electron chi connectivity index (χ3n) is 1.31. The molecule has 0 saturated heterocycles. The van der Waals surface area contributed by atoms with Crippen LogP contribution in [0.4, 0.5) is 0 Å². The topological polar surface area (TPSA) is 48.8 Å². The molecule has 13 heavy (non-hydrogen) atoms. The van der Waals surface area contributed by atoms with Crippen LogP contribution in [0, 0.1) is 0 Å². The Kier molecular flexibility index (Phi) is 3.70. The summed E-state index contributed by atoms with van der Waals surface area (Å²) in [6, 6.07) is 4.77. The van der Waals surface area contributed by atoms with E-state index in [1.807, 2.05) is 0 Å². The van der Waals surface area contributed by atoms with E-state index >= 15 is 0 Å². The highest BCUT2D eigenvalue weighted by molar-refractivity contribution is 6.34. The zero-order valence-corrected chi connectivity index (χ0v) is 8.55. The molecule has 68 valence electrons. The molecule has 3 nitrogen and oxygen atoms in total. The van der Waals surface area contributed by atoms with Crippen molar-refractivity contribution < 1.29 is 0 Å². The van der Waals surface area contributed by atoms with E-state index in [0.717, 1.165) is 0 Å². The van der Waals surface area contributed by atoms with Gasteiger partial charge in [0.05, 0.1) is 0 Å². The number of halogens is 3. The molecule has 1 rings (SSSR count). The van der Waals surface area contributed by atoms with Gasteiger partial charge in [-0.3, -0.25) is 0 Å². The van der Waals surface area contributed by atoms with Crippen LogP contribution in [0.1, 0.15) is 11.1 Å². The maximum atomic E-state index is 8.14. The van der Waals surface area contributed by atoms with E-state index in [1.165, 1.54) is 0 Å². The van der Waals surface area contributed by atoms with E-state index in [9.17, 15) is 0 Å². The fourth-order valence-corrected chi connectivity index (χ4v) is 1.53. The van der Waals surface area contributed by atoms with Gasteiger partial charge in [0, 0.05) is 15.0 Å². The van der Waals surface area contributed by atoms with Crippen LogP contribution in [-0.4, -0.2) is 0 Å². The third kappa shape index (κ3) is 2.98. The number of benzene rings is 1. The molecule has 0 heterocycles. The minimum absolute atomic E-state index is 0.460. The van der Waals surface area contributed by atoms with Gasteiger partial charge < -0.3 is 0 Å². The van der Waals surface area contributed by atoms with Crippen molar-refractivity contribution in [2.75, 3.05) is 0 Å². The molecule has 0 fully saturated rings. The Balaban J connectivity index is 3.07. The first-order chi connectivity index (χ1) is 6.13. The van der Waals surface area contributed by atoms with Crippen molar-refractivity contribution in [3.05, 3.63) is 44.3 Å². The summed E-state index contributed by atoms with van der Waals surface area (Å²) < 4.78 is 0. The second kappa shape index (κ2) is 4.58. The van der Waals surface area contributed by atoms with Crippen LogP contribution in [0.15, 0.2) is 23.3 Å². The van der Waals surface area contributed by atoms with Crippen LogP contribution in [0.25, 0.3) is 10.4 Å². The number of hydrogen-bond donors (Lipinski definition) is 0. The lowest BCUT2D eigenvalue weighted by molar-refractivity contribution is 0.998. The van der Waals surface area contributed by atoms with Gasteiger partial charge in [-0.05, 0) is 29.3 Å². The summed E-state index contributed by atoms with van der Waals surface area (Å²) in [5.74, 6) is 0. The molecule has 0 bridgehead atoms. The van der Waals surface area contributed by atoms with Gasteiger partial charge in [-0.25, -0.2) is 0 Å². The first-order valence-corrected chi connectivity index (χ1v) is 4.47. The second-order valence-corrected chi connectivity index (χ2v) is 3.53. The zero-order chi connectivity index (χ0) is 9.84. The van der Waals surface area contributed by atoms with Crippen LogP contribution in [0.2, 0.25) is 10.0 Å². The predicted molar refractivity (Wildman–Crippen MR) is 54.2 cm³/mol. The summed E-state index contributed by atoms with van der Waals surface area (Å²) in [4.78, 5) is 2.58. The largest absolute Gasteiger partial charge is 0.137 e. The average Bonchev–Trinajstić information content (AvgIpc) is 2.03. The highest BCUT2D eigenvalue weighted by Crippen LogP contribution is 2.28. The summed E-state index contributed by atoms with van der Waals surface area (Å²) >= 11 is 17.1. The fourth-order valence-electron chi connectivity index (χ4n) is 0.825. The summed E-state index contributed by atoms with van der Waals surface area (Å²) in [5, 5.41) is 4.22. The van der Waals surface area contributed by atoms with E-state index in [2.05, 4.69) is 10.0 Å². The van der Waals surface area contributed by atoms with Crippen molar-refractivity contribution in [2.24, 2.45) is 5.11 Å². The molecule has 0 radical (unpaired) electrons. The number of alkyl halides is 1. The molecular formula is C7H4Cl3N3. The van der Waals surface area contributed by atoms with Gasteiger partial charge in [-0.1, -0.05) is 28.3 Å². The second-order valence-electron chi connectivity index (χ2n) is 2.24. The first kappa shape index (κ1) is 10.5. The molecule has 0 aliphatic rings. The Labute approximate surface area is 89.8 Å². The minimum Gasteiger partial charge on any atom is -0.112 e. The van der Waals surface area contributed by atoms with Gasteiger partial charge in [0.1, 0.15) is 5.50 Å². The highest BCUT2D eigenvalue weighted by Gasteiger charge is 2.06. The maximum Gasteiger partial charge on any atom is 0.137 e. The normalized spacial score (nSPS) is 11.9.